The molecule has 1 aromatic carbocycles. The fourth-order valence-corrected chi connectivity index (χ4v) is 3.12. The standard InChI is InChI=1S/C17H20N4O3/c1-19-11-14(9-18-19)17(22)21-6-4-20(5-7-21)10-13-2-3-15-16(8-13)24-12-23-15/h2-3,8-9,11H,4-7,10,12H2,1H3. The largest absolute Gasteiger partial charge is 0.454 e. The van der Waals surface area contributed by atoms with Gasteiger partial charge >= 0.3 is 0 Å². The van der Waals surface area contributed by atoms with E-state index in [2.05, 4.69) is 16.1 Å². The molecule has 1 amide bonds. The van der Waals surface area contributed by atoms with Crippen LogP contribution in [0, 0.1) is 0 Å². The van der Waals surface area contributed by atoms with E-state index in [4.69, 9.17) is 9.47 Å². The van der Waals surface area contributed by atoms with Crippen LogP contribution in [0.4, 0.5) is 0 Å². The number of fused-ring (bicyclic) bond motifs is 1. The molecule has 126 valence electrons. The Labute approximate surface area is 140 Å². The second-order valence-electron chi connectivity index (χ2n) is 6.16. The number of aromatic nitrogens is 2. The first kappa shape index (κ1) is 15.0. The van der Waals surface area contributed by atoms with Gasteiger partial charge < -0.3 is 14.4 Å². The Morgan fingerprint density at radius 3 is 2.71 bits per heavy atom. The highest BCUT2D eigenvalue weighted by Crippen LogP contribution is 2.32. The van der Waals surface area contributed by atoms with Crippen LogP contribution in [0.5, 0.6) is 11.5 Å². The average Bonchev–Trinajstić information content (AvgIpc) is 3.23. The molecule has 1 aromatic heterocycles. The number of benzene rings is 1. The topological polar surface area (TPSA) is 59.8 Å². The van der Waals surface area contributed by atoms with Crippen molar-refractivity contribution in [2.75, 3.05) is 33.0 Å². The maximum atomic E-state index is 12.4. The number of amides is 1. The van der Waals surface area contributed by atoms with Gasteiger partial charge in [-0.2, -0.15) is 5.10 Å². The minimum Gasteiger partial charge on any atom is -0.454 e. The van der Waals surface area contributed by atoms with Crippen molar-refractivity contribution in [3.8, 4) is 11.5 Å². The van der Waals surface area contributed by atoms with E-state index in [1.54, 1.807) is 17.1 Å². The predicted octanol–water partition coefficient (Wildman–Crippen LogP) is 1.11. The van der Waals surface area contributed by atoms with Gasteiger partial charge in [-0.1, -0.05) is 6.07 Å². The molecule has 0 N–H and O–H groups in total. The van der Waals surface area contributed by atoms with Gasteiger partial charge in [-0.05, 0) is 17.7 Å². The van der Waals surface area contributed by atoms with E-state index in [-0.39, 0.29) is 5.91 Å². The summed E-state index contributed by atoms with van der Waals surface area (Å²) in [5, 5.41) is 4.07. The van der Waals surface area contributed by atoms with Gasteiger partial charge in [-0.3, -0.25) is 14.4 Å². The smallest absolute Gasteiger partial charge is 0.257 e. The minimum absolute atomic E-state index is 0.0610. The van der Waals surface area contributed by atoms with Crippen molar-refractivity contribution in [1.29, 1.82) is 0 Å². The second kappa shape index (κ2) is 6.16. The van der Waals surface area contributed by atoms with E-state index in [1.807, 2.05) is 24.1 Å². The monoisotopic (exact) mass is 328 g/mol. The van der Waals surface area contributed by atoms with Crippen molar-refractivity contribution >= 4 is 5.91 Å². The molecule has 7 heteroatoms. The highest BCUT2D eigenvalue weighted by atomic mass is 16.7. The Bertz CT molecular complexity index is 750. The van der Waals surface area contributed by atoms with Gasteiger partial charge in [-0.25, -0.2) is 0 Å². The highest BCUT2D eigenvalue weighted by molar-refractivity contribution is 5.93. The maximum Gasteiger partial charge on any atom is 0.257 e. The van der Waals surface area contributed by atoms with Crippen LogP contribution < -0.4 is 9.47 Å². The summed E-state index contributed by atoms with van der Waals surface area (Å²) < 4.78 is 12.4. The third-order valence-electron chi connectivity index (χ3n) is 4.45. The molecular weight excluding hydrogens is 308 g/mol. The minimum atomic E-state index is 0.0610. The summed E-state index contributed by atoms with van der Waals surface area (Å²) in [7, 11) is 1.82. The van der Waals surface area contributed by atoms with Crippen molar-refractivity contribution in [2.24, 2.45) is 7.05 Å². The van der Waals surface area contributed by atoms with E-state index in [0.29, 0.717) is 12.4 Å². The molecule has 24 heavy (non-hydrogen) atoms. The number of hydrogen-bond acceptors (Lipinski definition) is 5. The van der Waals surface area contributed by atoms with E-state index in [1.165, 1.54) is 5.56 Å². The van der Waals surface area contributed by atoms with Crippen LogP contribution in [0.25, 0.3) is 0 Å². The third-order valence-corrected chi connectivity index (χ3v) is 4.45. The third kappa shape index (κ3) is 2.94. The van der Waals surface area contributed by atoms with Crippen molar-refractivity contribution in [1.82, 2.24) is 19.6 Å². The summed E-state index contributed by atoms with van der Waals surface area (Å²) >= 11 is 0. The summed E-state index contributed by atoms with van der Waals surface area (Å²) in [4.78, 5) is 16.7. The van der Waals surface area contributed by atoms with Gasteiger partial charge in [0.25, 0.3) is 5.91 Å². The number of carbonyl (C=O) groups is 1. The summed E-state index contributed by atoms with van der Waals surface area (Å²) in [5.74, 6) is 1.69. The van der Waals surface area contributed by atoms with Gasteiger partial charge in [0.05, 0.1) is 11.8 Å². The maximum absolute atomic E-state index is 12.4. The van der Waals surface area contributed by atoms with Crippen LogP contribution in [-0.4, -0.2) is 58.5 Å². The summed E-state index contributed by atoms with van der Waals surface area (Å²) in [6.45, 7) is 4.34. The molecule has 0 aliphatic carbocycles. The van der Waals surface area contributed by atoms with Crippen LogP contribution in [0.2, 0.25) is 0 Å². The highest BCUT2D eigenvalue weighted by Gasteiger charge is 2.23. The molecule has 0 radical (unpaired) electrons. The van der Waals surface area contributed by atoms with Gasteiger partial charge in [0.1, 0.15) is 0 Å². The van der Waals surface area contributed by atoms with Crippen LogP contribution in [-0.2, 0) is 13.6 Å². The zero-order valence-electron chi connectivity index (χ0n) is 13.6. The molecule has 2 aromatic rings. The number of hydrogen-bond donors (Lipinski definition) is 0. The number of piperazine rings is 1. The first-order valence-corrected chi connectivity index (χ1v) is 8.08. The van der Waals surface area contributed by atoms with E-state index in [9.17, 15) is 4.79 Å². The molecule has 0 saturated carbocycles. The SMILES string of the molecule is Cn1cc(C(=O)N2CCN(Cc3ccc4c(c3)OCO4)CC2)cn1. The lowest BCUT2D eigenvalue weighted by Crippen LogP contribution is -2.48. The molecule has 0 unspecified atom stereocenters. The number of aryl methyl sites for hydroxylation is 1. The normalized spacial score (nSPS) is 17.3. The molecule has 1 saturated heterocycles. The van der Waals surface area contributed by atoms with Crippen LogP contribution in [0.1, 0.15) is 15.9 Å². The molecule has 2 aliphatic rings. The van der Waals surface area contributed by atoms with Crippen LogP contribution in [0.3, 0.4) is 0 Å². The molecule has 1 fully saturated rings. The first-order chi connectivity index (χ1) is 11.7. The number of ether oxygens (including phenoxy) is 2. The lowest BCUT2D eigenvalue weighted by molar-refractivity contribution is 0.0628. The Kier molecular flexibility index (Phi) is 3.86. The molecule has 3 heterocycles. The van der Waals surface area contributed by atoms with Crippen molar-refractivity contribution in [3.63, 3.8) is 0 Å². The number of nitrogens with zero attached hydrogens (tertiary/aromatic N) is 4. The lowest BCUT2D eigenvalue weighted by Gasteiger charge is -2.34. The zero-order chi connectivity index (χ0) is 16.5. The van der Waals surface area contributed by atoms with Crippen LogP contribution in [0.15, 0.2) is 30.6 Å². The Balaban J connectivity index is 1.34. The average molecular weight is 328 g/mol. The van der Waals surface area contributed by atoms with E-state index < -0.39 is 0 Å². The molecule has 0 spiro atoms. The van der Waals surface area contributed by atoms with Crippen molar-refractivity contribution in [3.05, 3.63) is 41.7 Å². The molecule has 4 rings (SSSR count). The second-order valence-corrected chi connectivity index (χ2v) is 6.16. The van der Waals surface area contributed by atoms with Crippen LogP contribution >= 0.6 is 0 Å². The zero-order valence-corrected chi connectivity index (χ0v) is 13.6. The Hall–Kier alpha value is -2.54. The van der Waals surface area contributed by atoms with Gasteiger partial charge in [0.15, 0.2) is 11.5 Å². The fourth-order valence-electron chi connectivity index (χ4n) is 3.12. The number of rotatable bonds is 3. The summed E-state index contributed by atoms with van der Waals surface area (Å²) in [6.07, 6.45) is 3.39. The van der Waals surface area contributed by atoms with Gasteiger partial charge in [-0.15, -0.1) is 0 Å². The first-order valence-electron chi connectivity index (χ1n) is 8.08. The van der Waals surface area contributed by atoms with Crippen molar-refractivity contribution < 1.29 is 14.3 Å². The van der Waals surface area contributed by atoms with Crippen molar-refractivity contribution in [2.45, 2.75) is 6.54 Å². The Morgan fingerprint density at radius 2 is 1.96 bits per heavy atom. The van der Waals surface area contributed by atoms with Gasteiger partial charge in [0.2, 0.25) is 6.79 Å². The van der Waals surface area contributed by atoms with Gasteiger partial charge in [0, 0.05) is 46.0 Å². The lowest BCUT2D eigenvalue weighted by atomic mass is 10.1. The quantitative estimate of drug-likeness (QED) is 0.845. The molecular formula is C17H20N4O3. The summed E-state index contributed by atoms with van der Waals surface area (Å²) in [5.41, 5.74) is 1.85. The number of carbonyl (C=O) groups excluding carboxylic acids is 1. The molecule has 2 aliphatic heterocycles. The Morgan fingerprint density at radius 1 is 1.17 bits per heavy atom. The van der Waals surface area contributed by atoms with E-state index in [0.717, 1.165) is 44.2 Å². The van der Waals surface area contributed by atoms with E-state index >= 15 is 0 Å². The fraction of sp³-hybridized carbons (Fsp3) is 0.412. The molecule has 0 bridgehead atoms. The molecule has 0 atom stereocenters. The molecule has 7 nitrogen and oxygen atoms in total. The summed E-state index contributed by atoms with van der Waals surface area (Å²) in [6, 6.07) is 6.07. The predicted molar refractivity (Wildman–Crippen MR) is 87.0 cm³/mol.